The highest BCUT2D eigenvalue weighted by Gasteiger charge is 2.32. The lowest BCUT2D eigenvalue weighted by Gasteiger charge is -2.30. The fraction of sp³-hybridized carbons (Fsp3) is 0.316. The van der Waals surface area contributed by atoms with E-state index in [0.717, 1.165) is 5.56 Å². The normalized spacial score (nSPS) is 16.7. The molecule has 4 nitrogen and oxygen atoms in total. The quantitative estimate of drug-likeness (QED) is 0.758. The van der Waals surface area contributed by atoms with Crippen molar-refractivity contribution in [2.75, 3.05) is 13.1 Å². The van der Waals surface area contributed by atoms with Gasteiger partial charge in [0.15, 0.2) is 5.78 Å². The van der Waals surface area contributed by atoms with Gasteiger partial charge in [-0.25, -0.2) is 8.42 Å². The van der Waals surface area contributed by atoms with E-state index >= 15 is 0 Å². The van der Waals surface area contributed by atoms with Gasteiger partial charge in [0.25, 0.3) is 0 Å². The van der Waals surface area contributed by atoms with Crippen molar-refractivity contribution in [3.63, 3.8) is 0 Å². The topological polar surface area (TPSA) is 54.5 Å². The SMILES string of the molecule is Cc1ccc(S(=O)(=O)N2CCC(C(=O)c3ccc(Cl)cc3)CC2)cc1. The minimum atomic E-state index is -3.49. The fourth-order valence-corrected chi connectivity index (χ4v) is 4.66. The number of halogens is 1. The van der Waals surface area contributed by atoms with Crippen LogP contribution in [0.4, 0.5) is 0 Å². The maximum Gasteiger partial charge on any atom is 0.243 e. The largest absolute Gasteiger partial charge is 0.294 e. The summed E-state index contributed by atoms with van der Waals surface area (Å²) in [6.45, 7) is 2.64. The molecule has 1 saturated heterocycles. The van der Waals surface area contributed by atoms with Crippen molar-refractivity contribution in [2.24, 2.45) is 5.92 Å². The Labute approximate surface area is 153 Å². The first-order valence-electron chi connectivity index (χ1n) is 8.24. The van der Waals surface area contributed by atoms with E-state index in [4.69, 9.17) is 11.6 Å². The van der Waals surface area contributed by atoms with E-state index in [1.165, 1.54) is 4.31 Å². The minimum absolute atomic E-state index is 0.0593. The molecule has 0 aromatic heterocycles. The average Bonchev–Trinajstić information content (AvgIpc) is 2.62. The highest BCUT2D eigenvalue weighted by molar-refractivity contribution is 7.89. The van der Waals surface area contributed by atoms with Crippen molar-refractivity contribution in [2.45, 2.75) is 24.7 Å². The number of carbonyl (C=O) groups is 1. The molecule has 0 saturated carbocycles. The van der Waals surface area contributed by atoms with Gasteiger partial charge in [-0.15, -0.1) is 0 Å². The number of sulfonamides is 1. The average molecular weight is 378 g/mol. The van der Waals surface area contributed by atoms with Gasteiger partial charge in [0.05, 0.1) is 4.90 Å². The molecule has 1 aliphatic heterocycles. The number of carbonyl (C=O) groups excluding carboxylic acids is 1. The molecule has 25 heavy (non-hydrogen) atoms. The summed E-state index contributed by atoms with van der Waals surface area (Å²) in [5.74, 6) is -0.0882. The molecule has 0 spiro atoms. The zero-order chi connectivity index (χ0) is 18.0. The third kappa shape index (κ3) is 3.94. The van der Waals surface area contributed by atoms with Gasteiger partial charge in [0.1, 0.15) is 0 Å². The Morgan fingerprint density at radius 2 is 1.56 bits per heavy atom. The van der Waals surface area contributed by atoms with Crippen LogP contribution in [0.15, 0.2) is 53.4 Å². The first-order chi connectivity index (χ1) is 11.9. The van der Waals surface area contributed by atoms with E-state index in [1.54, 1.807) is 48.5 Å². The van der Waals surface area contributed by atoms with E-state index in [-0.39, 0.29) is 11.7 Å². The van der Waals surface area contributed by atoms with Gasteiger partial charge in [0, 0.05) is 29.6 Å². The summed E-state index contributed by atoms with van der Waals surface area (Å²) in [6.07, 6.45) is 1.07. The van der Waals surface area contributed by atoms with Crippen LogP contribution in [0.2, 0.25) is 5.02 Å². The highest BCUT2D eigenvalue weighted by atomic mass is 35.5. The Balaban J connectivity index is 1.68. The molecule has 1 fully saturated rings. The van der Waals surface area contributed by atoms with Gasteiger partial charge < -0.3 is 0 Å². The van der Waals surface area contributed by atoms with Crippen molar-refractivity contribution >= 4 is 27.4 Å². The van der Waals surface area contributed by atoms with Crippen molar-refractivity contribution in [3.05, 3.63) is 64.7 Å². The number of rotatable bonds is 4. The molecule has 6 heteroatoms. The summed E-state index contributed by atoms with van der Waals surface area (Å²) in [7, 11) is -3.49. The first kappa shape index (κ1) is 18.1. The Morgan fingerprint density at radius 3 is 2.12 bits per heavy atom. The van der Waals surface area contributed by atoms with E-state index in [9.17, 15) is 13.2 Å². The zero-order valence-electron chi connectivity index (χ0n) is 14.0. The van der Waals surface area contributed by atoms with Gasteiger partial charge in [0.2, 0.25) is 10.0 Å². The van der Waals surface area contributed by atoms with Crippen molar-refractivity contribution in [3.8, 4) is 0 Å². The maximum absolute atomic E-state index is 12.7. The molecule has 3 rings (SSSR count). The molecule has 0 bridgehead atoms. The molecule has 0 amide bonds. The lowest BCUT2D eigenvalue weighted by Crippen LogP contribution is -2.40. The summed E-state index contributed by atoms with van der Waals surface area (Å²) in [6, 6.07) is 13.7. The van der Waals surface area contributed by atoms with Crippen LogP contribution < -0.4 is 0 Å². The second-order valence-electron chi connectivity index (χ2n) is 6.36. The predicted octanol–water partition coefficient (Wildman–Crippen LogP) is 3.93. The highest BCUT2D eigenvalue weighted by Crippen LogP contribution is 2.26. The Kier molecular flexibility index (Phi) is 5.27. The van der Waals surface area contributed by atoms with Crippen LogP contribution in [0.5, 0.6) is 0 Å². The van der Waals surface area contributed by atoms with Crippen molar-refractivity contribution in [1.82, 2.24) is 4.31 Å². The number of Topliss-reactive ketones (excluding diaryl/α,β-unsaturated/α-hetero) is 1. The van der Waals surface area contributed by atoms with Crippen LogP contribution in [-0.4, -0.2) is 31.6 Å². The van der Waals surface area contributed by atoms with Crippen LogP contribution in [0.1, 0.15) is 28.8 Å². The van der Waals surface area contributed by atoms with Gasteiger partial charge in [-0.05, 0) is 56.2 Å². The van der Waals surface area contributed by atoms with Crippen LogP contribution >= 0.6 is 11.6 Å². The van der Waals surface area contributed by atoms with E-state index in [1.807, 2.05) is 6.92 Å². The second kappa shape index (κ2) is 7.28. The van der Waals surface area contributed by atoms with Gasteiger partial charge >= 0.3 is 0 Å². The molecule has 2 aromatic carbocycles. The third-order valence-electron chi connectivity index (χ3n) is 4.61. The molecule has 0 atom stereocenters. The van der Waals surface area contributed by atoms with Crippen LogP contribution in [0.3, 0.4) is 0 Å². The number of nitrogens with zero attached hydrogens (tertiary/aromatic N) is 1. The number of hydrogen-bond acceptors (Lipinski definition) is 3. The van der Waals surface area contributed by atoms with Crippen molar-refractivity contribution < 1.29 is 13.2 Å². The summed E-state index contributed by atoms with van der Waals surface area (Å²) < 4.78 is 26.9. The monoisotopic (exact) mass is 377 g/mol. The van der Waals surface area contributed by atoms with Crippen LogP contribution in [0, 0.1) is 12.8 Å². The number of benzene rings is 2. The molecule has 132 valence electrons. The van der Waals surface area contributed by atoms with Crippen molar-refractivity contribution in [1.29, 1.82) is 0 Å². The van der Waals surface area contributed by atoms with Crippen LogP contribution in [-0.2, 0) is 10.0 Å². The Hall–Kier alpha value is -1.69. The first-order valence-corrected chi connectivity index (χ1v) is 10.1. The van der Waals surface area contributed by atoms with Gasteiger partial charge in [-0.1, -0.05) is 29.3 Å². The summed E-state index contributed by atoms with van der Waals surface area (Å²) in [5.41, 5.74) is 1.65. The number of piperidine rings is 1. The van der Waals surface area contributed by atoms with E-state index < -0.39 is 10.0 Å². The molecule has 0 radical (unpaired) electrons. The molecule has 0 aliphatic carbocycles. The summed E-state index contributed by atoms with van der Waals surface area (Å²) >= 11 is 5.85. The summed E-state index contributed by atoms with van der Waals surface area (Å²) in [5, 5.41) is 0.593. The molecule has 0 unspecified atom stereocenters. The Morgan fingerprint density at radius 1 is 1.00 bits per heavy atom. The lowest BCUT2D eigenvalue weighted by molar-refractivity contribution is 0.0875. The fourth-order valence-electron chi connectivity index (χ4n) is 3.07. The Bertz CT molecular complexity index is 853. The molecule has 1 heterocycles. The molecule has 0 N–H and O–H groups in total. The zero-order valence-corrected chi connectivity index (χ0v) is 15.6. The maximum atomic E-state index is 12.7. The second-order valence-corrected chi connectivity index (χ2v) is 8.74. The molecule has 1 aliphatic rings. The van der Waals surface area contributed by atoms with Crippen LogP contribution in [0.25, 0.3) is 0 Å². The predicted molar refractivity (Wildman–Crippen MR) is 98.4 cm³/mol. The van der Waals surface area contributed by atoms with E-state index in [2.05, 4.69) is 0 Å². The van der Waals surface area contributed by atoms with Gasteiger partial charge in [-0.3, -0.25) is 4.79 Å². The third-order valence-corrected chi connectivity index (χ3v) is 6.78. The molecule has 2 aromatic rings. The number of hydrogen-bond donors (Lipinski definition) is 0. The number of aryl methyl sites for hydroxylation is 1. The summed E-state index contributed by atoms with van der Waals surface area (Å²) in [4.78, 5) is 12.9. The molecular weight excluding hydrogens is 358 g/mol. The lowest BCUT2D eigenvalue weighted by atomic mass is 9.90. The van der Waals surface area contributed by atoms with E-state index in [0.29, 0.717) is 41.4 Å². The molecular formula is C19H20ClNO3S. The number of ketones is 1. The minimum Gasteiger partial charge on any atom is -0.294 e. The van der Waals surface area contributed by atoms with Gasteiger partial charge in [-0.2, -0.15) is 4.31 Å². The standard InChI is InChI=1S/C19H20ClNO3S/c1-14-2-8-18(9-3-14)25(23,24)21-12-10-16(11-13-21)19(22)15-4-6-17(20)7-5-15/h2-9,16H,10-13H2,1H3. The smallest absolute Gasteiger partial charge is 0.243 e.